The molecule has 0 unspecified atom stereocenters. The van der Waals surface area contributed by atoms with Crippen molar-refractivity contribution in [2.75, 3.05) is 12.4 Å². The second kappa shape index (κ2) is 10.3. The van der Waals surface area contributed by atoms with E-state index < -0.39 is 26.7 Å². The summed E-state index contributed by atoms with van der Waals surface area (Å²) in [6.45, 7) is 1.44. The summed E-state index contributed by atoms with van der Waals surface area (Å²) in [6, 6.07) is 15.8. The van der Waals surface area contributed by atoms with Crippen molar-refractivity contribution >= 4 is 67.1 Å². The molecule has 4 aromatic carbocycles. The number of halogens is 2. The molecule has 0 saturated carbocycles. The molecule has 37 heavy (non-hydrogen) atoms. The van der Waals surface area contributed by atoms with Crippen LogP contribution in [0.5, 0.6) is 11.5 Å². The average Bonchev–Trinajstić information content (AvgIpc) is 2.83. The van der Waals surface area contributed by atoms with Crippen LogP contribution in [-0.4, -0.2) is 31.1 Å². The fraction of sp³-hybridized carbons (Fsp3) is 0.0800. The van der Waals surface area contributed by atoms with Crippen LogP contribution in [0.1, 0.15) is 15.9 Å². The van der Waals surface area contributed by atoms with E-state index in [-0.39, 0.29) is 32.5 Å². The molecule has 12 heteroatoms. The zero-order chi connectivity index (χ0) is 26.9. The highest BCUT2D eigenvalue weighted by Crippen LogP contribution is 2.40. The van der Waals surface area contributed by atoms with Crippen LogP contribution < -0.4 is 10.1 Å². The molecule has 0 bridgehead atoms. The molecule has 0 spiro atoms. The van der Waals surface area contributed by atoms with Crippen molar-refractivity contribution in [2.45, 2.75) is 11.8 Å². The van der Waals surface area contributed by atoms with Crippen molar-refractivity contribution in [3.05, 3.63) is 81.8 Å². The fourth-order valence-corrected chi connectivity index (χ4v) is 5.25. The van der Waals surface area contributed by atoms with Gasteiger partial charge in [0.1, 0.15) is 16.3 Å². The predicted molar refractivity (Wildman–Crippen MR) is 142 cm³/mol. The molecule has 190 valence electrons. The molecule has 3 N–H and O–H groups in total. The van der Waals surface area contributed by atoms with Crippen LogP contribution in [0.15, 0.2) is 75.8 Å². The molecule has 0 aliphatic heterocycles. The van der Waals surface area contributed by atoms with Gasteiger partial charge in [0.15, 0.2) is 5.75 Å². The molecule has 0 atom stereocenters. The minimum absolute atomic E-state index is 0.0108. The molecule has 4 rings (SSSR count). The van der Waals surface area contributed by atoms with Gasteiger partial charge in [0.2, 0.25) is 0 Å². The number of carbonyl (C=O) groups excluding carboxylic acids is 1. The van der Waals surface area contributed by atoms with E-state index in [0.29, 0.717) is 22.2 Å². The molecule has 9 nitrogen and oxygen atoms in total. The van der Waals surface area contributed by atoms with Crippen molar-refractivity contribution in [1.82, 2.24) is 0 Å². The van der Waals surface area contributed by atoms with Gasteiger partial charge in [0, 0.05) is 11.5 Å². The van der Waals surface area contributed by atoms with Crippen LogP contribution in [0, 0.1) is 6.92 Å². The van der Waals surface area contributed by atoms with Crippen LogP contribution in [0.2, 0.25) is 10.0 Å². The molecular formula is C25H19Cl2N3O6S. The van der Waals surface area contributed by atoms with Gasteiger partial charge in [-0.15, -0.1) is 5.11 Å². The summed E-state index contributed by atoms with van der Waals surface area (Å²) in [5.74, 6) is -0.552. The molecule has 1 amide bonds. The number of phenols is 1. The number of azo groups is 1. The molecule has 0 aliphatic carbocycles. The van der Waals surface area contributed by atoms with Gasteiger partial charge in [0.05, 0.1) is 34.1 Å². The van der Waals surface area contributed by atoms with Gasteiger partial charge in [-0.25, -0.2) is 0 Å². The third-order valence-corrected chi connectivity index (χ3v) is 7.18. The molecule has 0 aromatic heterocycles. The van der Waals surface area contributed by atoms with Crippen LogP contribution in [0.3, 0.4) is 0 Å². The Balaban J connectivity index is 1.77. The fourth-order valence-electron chi connectivity index (χ4n) is 3.71. The van der Waals surface area contributed by atoms with Crippen molar-refractivity contribution in [1.29, 1.82) is 0 Å². The number of methoxy groups -OCH3 is 1. The van der Waals surface area contributed by atoms with E-state index in [4.69, 9.17) is 27.9 Å². The molecular weight excluding hydrogens is 541 g/mol. The summed E-state index contributed by atoms with van der Waals surface area (Å²) >= 11 is 12.3. The number of hydrogen-bond donors (Lipinski definition) is 3. The van der Waals surface area contributed by atoms with Crippen LogP contribution >= 0.6 is 23.2 Å². The number of nitrogens with one attached hydrogen (secondary N) is 1. The number of nitrogens with zero attached hydrogens (tertiary/aromatic N) is 2. The third-order valence-electron chi connectivity index (χ3n) is 5.40. The summed E-state index contributed by atoms with van der Waals surface area (Å²) in [5.41, 5.74) is 0.570. The van der Waals surface area contributed by atoms with Crippen molar-refractivity contribution in [3.8, 4) is 11.5 Å². The van der Waals surface area contributed by atoms with Gasteiger partial charge in [0.25, 0.3) is 16.0 Å². The Hall–Kier alpha value is -3.70. The standard InChI is InChI=1S/C25H19Cl2N3O6S/c1-13-9-15(11-20(27)24(13)37(33,34)35)29-30-22-17-6-4-3-5-14(17)10-18(23(22)31)25(32)28-21-8-7-16(36-2)12-19(21)26/h3-12,31H,1-2H3,(H,28,32)(H,33,34,35). The molecule has 0 radical (unpaired) electrons. The Labute approximate surface area is 222 Å². The summed E-state index contributed by atoms with van der Waals surface area (Å²) in [4.78, 5) is 12.7. The first kappa shape index (κ1) is 26.4. The quantitative estimate of drug-likeness (QED) is 0.170. The van der Waals surface area contributed by atoms with Crippen molar-refractivity contribution in [2.24, 2.45) is 10.2 Å². The van der Waals surface area contributed by atoms with E-state index in [2.05, 4.69) is 15.5 Å². The number of amides is 1. The lowest BCUT2D eigenvalue weighted by Gasteiger charge is -2.12. The highest BCUT2D eigenvalue weighted by Gasteiger charge is 2.21. The summed E-state index contributed by atoms with van der Waals surface area (Å²) in [5, 5.41) is 23.0. The number of fused-ring (bicyclic) bond motifs is 1. The Morgan fingerprint density at radius 1 is 1.00 bits per heavy atom. The van der Waals surface area contributed by atoms with Crippen molar-refractivity contribution in [3.63, 3.8) is 0 Å². The Morgan fingerprint density at radius 2 is 1.73 bits per heavy atom. The second-order valence-corrected chi connectivity index (χ2v) is 10.1. The van der Waals surface area contributed by atoms with E-state index in [1.165, 1.54) is 38.3 Å². The number of phenolic OH excluding ortho intramolecular Hbond substituents is 1. The lowest BCUT2D eigenvalue weighted by Crippen LogP contribution is -2.12. The number of carbonyl (C=O) groups is 1. The number of anilines is 1. The minimum Gasteiger partial charge on any atom is -0.505 e. The Morgan fingerprint density at radius 3 is 2.38 bits per heavy atom. The maximum absolute atomic E-state index is 13.1. The van der Waals surface area contributed by atoms with Gasteiger partial charge >= 0.3 is 0 Å². The minimum atomic E-state index is -4.54. The summed E-state index contributed by atoms with van der Waals surface area (Å²) in [7, 11) is -3.05. The number of benzene rings is 4. The molecule has 0 fully saturated rings. The molecule has 4 aromatic rings. The van der Waals surface area contributed by atoms with Crippen LogP contribution in [-0.2, 0) is 10.1 Å². The number of aryl methyl sites for hydroxylation is 1. The summed E-state index contributed by atoms with van der Waals surface area (Å²) in [6.07, 6.45) is 0. The normalized spacial score (nSPS) is 11.7. The monoisotopic (exact) mass is 559 g/mol. The first-order chi connectivity index (χ1) is 17.5. The molecule has 0 heterocycles. The van der Waals surface area contributed by atoms with Gasteiger partial charge in [-0.2, -0.15) is 13.5 Å². The zero-order valence-electron chi connectivity index (χ0n) is 19.4. The van der Waals surface area contributed by atoms with E-state index >= 15 is 0 Å². The number of hydrogen-bond acceptors (Lipinski definition) is 7. The van der Waals surface area contributed by atoms with Crippen LogP contribution in [0.25, 0.3) is 10.8 Å². The number of ether oxygens (including phenoxy) is 1. The highest BCUT2D eigenvalue weighted by atomic mass is 35.5. The largest absolute Gasteiger partial charge is 0.505 e. The van der Waals surface area contributed by atoms with Gasteiger partial charge in [-0.05, 0) is 48.2 Å². The Kier molecular flexibility index (Phi) is 7.37. The van der Waals surface area contributed by atoms with E-state index in [1.54, 1.807) is 36.4 Å². The molecule has 0 saturated heterocycles. The predicted octanol–water partition coefficient (Wildman–Crippen LogP) is 7.08. The topological polar surface area (TPSA) is 138 Å². The van der Waals surface area contributed by atoms with Gasteiger partial charge < -0.3 is 15.2 Å². The lowest BCUT2D eigenvalue weighted by molar-refractivity contribution is 0.102. The van der Waals surface area contributed by atoms with Crippen molar-refractivity contribution < 1.29 is 27.6 Å². The second-order valence-electron chi connectivity index (χ2n) is 7.89. The average molecular weight is 560 g/mol. The SMILES string of the molecule is COc1ccc(NC(=O)c2cc3ccccc3c(N=Nc3cc(C)c(S(=O)(=O)O)c(Cl)c3)c2O)c(Cl)c1. The maximum Gasteiger partial charge on any atom is 0.296 e. The lowest BCUT2D eigenvalue weighted by atomic mass is 10.0. The summed E-state index contributed by atoms with van der Waals surface area (Å²) < 4.78 is 37.6. The Bertz CT molecular complexity index is 1670. The first-order valence-corrected chi connectivity index (χ1v) is 12.8. The number of aromatic hydroxyl groups is 1. The molecule has 0 aliphatic rings. The van der Waals surface area contributed by atoms with E-state index in [0.717, 1.165) is 0 Å². The first-order valence-electron chi connectivity index (χ1n) is 10.6. The number of rotatable bonds is 6. The van der Waals surface area contributed by atoms with E-state index in [1.807, 2.05) is 0 Å². The smallest absolute Gasteiger partial charge is 0.296 e. The highest BCUT2D eigenvalue weighted by molar-refractivity contribution is 7.86. The maximum atomic E-state index is 13.1. The third kappa shape index (κ3) is 5.52. The van der Waals surface area contributed by atoms with Gasteiger partial charge in [-0.3, -0.25) is 9.35 Å². The van der Waals surface area contributed by atoms with Gasteiger partial charge in [-0.1, -0.05) is 47.5 Å². The zero-order valence-corrected chi connectivity index (χ0v) is 21.7. The van der Waals surface area contributed by atoms with E-state index in [9.17, 15) is 22.9 Å². The van der Waals surface area contributed by atoms with Crippen LogP contribution in [0.4, 0.5) is 17.1 Å².